The molecule has 1 aromatic heterocycles. The molecule has 4 rings (SSSR count). The highest BCUT2D eigenvalue weighted by molar-refractivity contribution is 6.03. The van der Waals surface area contributed by atoms with Crippen LogP contribution in [0.25, 0.3) is 10.9 Å². The lowest BCUT2D eigenvalue weighted by molar-refractivity contribution is -0.117. The second-order valence-electron chi connectivity index (χ2n) is 7.00. The first-order valence-corrected chi connectivity index (χ1v) is 9.35. The summed E-state index contributed by atoms with van der Waals surface area (Å²) in [4.78, 5) is 30.5. The molecule has 2 amide bonds. The molecule has 2 heterocycles. The monoisotopic (exact) mass is 374 g/mol. The molecule has 0 aliphatic carbocycles. The normalized spacial score (nSPS) is 13.9. The third-order valence-corrected chi connectivity index (χ3v) is 5.04. The molecule has 142 valence electrons. The molecule has 0 saturated heterocycles. The number of benzene rings is 2. The Bertz CT molecular complexity index is 1060. The number of hydrogen-bond donors (Lipinski definition) is 2. The van der Waals surface area contributed by atoms with Crippen molar-refractivity contribution < 1.29 is 9.59 Å². The van der Waals surface area contributed by atoms with Gasteiger partial charge in [0.05, 0.1) is 11.2 Å². The van der Waals surface area contributed by atoms with E-state index in [0.29, 0.717) is 6.54 Å². The Labute approximate surface area is 163 Å². The number of nitrogens with zero attached hydrogens (tertiary/aromatic N) is 2. The van der Waals surface area contributed by atoms with Crippen molar-refractivity contribution in [3.8, 4) is 0 Å². The van der Waals surface area contributed by atoms with Crippen molar-refractivity contribution in [1.29, 1.82) is 0 Å². The van der Waals surface area contributed by atoms with Crippen molar-refractivity contribution in [2.24, 2.45) is 0 Å². The first kappa shape index (κ1) is 18.0. The largest absolute Gasteiger partial charge is 0.374 e. The zero-order chi connectivity index (χ0) is 19.7. The lowest BCUT2D eigenvalue weighted by atomic mass is 10.1. The van der Waals surface area contributed by atoms with Crippen LogP contribution in [0.1, 0.15) is 19.4 Å². The van der Waals surface area contributed by atoms with Gasteiger partial charge < -0.3 is 15.5 Å². The molecule has 1 atom stereocenters. The lowest BCUT2D eigenvalue weighted by Gasteiger charge is -2.18. The molecule has 6 heteroatoms. The second kappa shape index (κ2) is 7.31. The van der Waals surface area contributed by atoms with Crippen molar-refractivity contribution in [2.45, 2.75) is 26.3 Å². The van der Waals surface area contributed by atoms with Crippen LogP contribution in [0.2, 0.25) is 0 Å². The lowest BCUT2D eigenvalue weighted by Crippen LogP contribution is -2.32. The van der Waals surface area contributed by atoms with Crippen molar-refractivity contribution in [3.63, 3.8) is 0 Å². The van der Waals surface area contributed by atoms with Gasteiger partial charge >= 0.3 is 0 Å². The predicted octanol–water partition coefficient (Wildman–Crippen LogP) is 3.58. The first-order chi connectivity index (χ1) is 13.5. The number of aromatic nitrogens is 1. The topological polar surface area (TPSA) is 74.3 Å². The molecule has 1 aliphatic rings. The maximum absolute atomic E-state index is 12.7. The zero-order valence-corrected chi connectivity index (χ0v) is 15.9. The molecule has 6 nitrogen and oxygen atoms in total. The summed E-state index contributed by atoms with van der Waals surface area (Å²) in [7, 11) is 0. The molecular weight excluding hydrogens is 352 g/mol. The molecule has 0 fully saturated rings. The predicted molar refractivity (Wildman–Crippen MR) is 112 cm³/mol. The fraction of sp³-hybridized carbons (Fsp3) is 0.227. The molecule has 0 radical (unpaired) electrons. The number of rotatable bonds is 4. The maximum Gasteiger partial charge on any atom is 0.246 e. The molecule has 0 bridgehead atoms. The molecular formula is C22H22N4O2. The van der Waals surface area contributed by atoms with E-state index < -0.39 is 6.04 Å². The van der Waals surface area contributed by atoms with Gasteiger partial charge in [-0.15, -0.1) is 0 Å². The quantitative estimate of drug-likeness (QED) is 0.732. The highest BCUT2D eigenvalue weighted by atomic mass is 16.2. The zero-order valence-electron chi connectivity index (χ0n) is 15.9. The van der Waals surface area contributed by atoms with E-state index in [2.05, 4.69) is 15.6 Å². The second-order valence-corrected chi connectivity index (χ2v) is 7.00. The molecule has 1 aliphatic heterocycles. The number of nitrogens with one attached hydrogen (secondary N) is 2. The van der Waals surface area contributed by atoms with Gasteiger partial charge in [0.15, 0.2) is 0 Å². The van der Waals surface area contributed by atoms with Crippen LogP contribution in [0.4, 0.5) is 17.1 Å². The third kappa shape index (κ3) is 3.41. The van der Waals surface area contributed by atoms with Gasteiger partial charge in [0.1, 0.15) is 6.04 Å². The highest BCUT2D eigenvalue weighted by Gasteiger charge is 2.23. The van der Waals surface area contributed by atoms with Crippen molar-refractivity contribution >= 4 is 39.8 Å². The Morgan fingerprint density at radius 3 is 2.82 bits per heavy atom. The number of pyridine rings is 1. The van der Waals surface area contributed by atoms with Crippen molar-refractivity contribution in [1.82, 2.24) is 4.98 Å². The summed E-state index contributed by atoms with van der Waals surface area (Å²) in [5, 5.41) is 7.15. The van der Waals surface area contributed by atoms with Gasteiger partial charge in [-0.2, -0.15) is 0 Å². The average molecular weight is 374 g/mol. The van der Waals surface area contributed by atoms with Crippen LogP contribution in [0, 0.1) is 0 Å². The molecule has 3 aromatic rings. The number of carbonyl (C=O) groups is 2. The van der Waals surface area contributed by atoms with Gasteiger partial charge in [0.25, 0.3) is 0 Å². The van der Waals surface area contributed by atoms with E-state index in [1.54, 1.807) is 18.0 Å². The van der Waals surface area contributed by atoms with E-state index in [-0.39, 0.29) is 11.8 Å². The number of anilines is 3. The summed E-state index contributed by atoms with van der Waals surface area (Å²) in [5.41, 5.74) is 4.53. The van der Waals surface area contributed by atoms with Gasteiger partial charge in [-0.05, 0) is 61.4 Å². The Morgan fingerprint density at radius 1 is 1.14 bits per heavy atom. The van der Waals surface area contributed by atoms with Gasteiger partial charge in [-0.25, -0.2) is 0 Å². The summed E-state index contributed by atoms with van der Waals surface area (Å²) in [6.45, 7) is 4.11. The molecule has 0 spiro atoms. The van der Waals surface area contributed by atoms with Gasteiger partial charge in [-0.1, -0.05) is 6.07 Å². The van der Waals surface area contributed by atoms with Crippen LogP contribution in [0.5, 0.6) is 0 Å². The van der Waals surface area contributed by atoms with Crippen LogP contribution >= 0.6 is 0 Å². The van der Waals surface area contributed by atoms with Gasteiger partial charge in [0.2, 0.25) is 11.8 Å². The Kier molecular flexibility index (Phi) is 4.69. The minimum Gasteiger partial charge on any atom is -0.374 e. The standard InChI is InChI=1S/C22H22N4O2/c1-14(22(28)25-20-7-3-6-19-18(20)5-4-11-23-19)24-17-8-9-21-16(13-17)10-12-26(21)15(2)27/h3-9,11,13-14,24H,10,12H2,1-2H3,(H,25,28). The Morgan fingerprint density at radius 2 is 2.00 bits per heavy atom. The fourth-order valence-corrected chi connectivity index (χ4v) is 3.59. The number of carbonyl (C=O) groups excluding carboxylic acids is 2. The van der Waals surface area contributed by atoms with Crippen LogP contribution in [-0.4, -0.2) is 29.4 Å². The summed E-state index contributed by atoms with van der Waals surface area (Å²) in [6, 6.07) is 14.9. The summed E-state index contributed by atoms with van der Waals surface area (Å²) in [6.07, 6.45) is 2.56. The molecule has 2 aromatic carbocycles. The fourth-order valence-electron chi connectivity index (χ4n) is 3.59. The van der Waals surface area contributed by atoms with E-state index in [9.17, 15) is 9.59 Å². The van der Waals surface area contributed by atoms with Crippen molar-refractivity contribution in [3.05, 3.63) is 60.3 Å². The van der Waals surface area contributed by atoms with E-state index in [4.69, 9.17) is 0 Å². The molecule has 28 heavy (non-hydrogen) atoms. The number of amides is 2. The van der Waals surface area contributed by atoms with E-state index in [0.717, 1.165) is 39.9 Å². The molecule has 0 saturated carbocycles. The van der Waals surface area contributed by atoms with Gasteiger partial charge in [-0.3, -0.25) is 14.6 Å². The summed E-state index contributed by atoms with van der Waals surface area (Å²) < 4.78 is 0. The SMILES string of the molecule is CC(=O)N1CCc2cc(NC(C)C(=O)Nc3cccc4ncccc34)ccc21. The number of hydrogen-bond acceptors (Lipinski definition) is 4. The number of fused-ring (bicyclic) bond motifs is 2. The third-order valence-electron chi connectivity index (χ3n) is 5.04. The van der Waals surface area contributed by atoms with Gasteiger partial charge in [0, 0.05) is 36.4 Å². The highest BCUT2D eigenvalue weighted by Crippen LogP contribution is 2.30. The Hall–Kier alpha value is -3.41. The summed E-state index contributed by atoms with van der Waals surface area (Å²) in [5.74, 6) is -0.0704. The van der Waals surface area contributed by atoms with Crippen LogP contribution in [0.15, 0.2) is 54.7 Å². The van der Waals surface area contributed by atoms with E-state index in [1.165, 1.54) is 0 Å². The Balaban J connectivity index is 1.47. The minimum atomic E-state index is -0.421. The molecule has 1 unspecified atom stereocenters. The maximum atomic E-state index is 12.7. The summed E-state index contributed by atoms with van der Waals surface area (Å²) >= 11 is 0. The van der Waals surface area contributed by atoms with Crippen LogP contribution in [-0.2, 0) is 16.0 Å². The van der Waals surface area contributed by atoms with Crippen molar-refractivity contribution in [2.75, 3.05) is 22.1 Å². The molecule has 2 N–H and O–H groups in total. The van der Waals surface area contributed by atoms with E-state index in [1.807, 2.05) is 55.5 Å². The smallest absolute Gasteiger partial charge is 0.246 e. The van der Waals surface area contributed by atoms with E-state index >= 15 is 0 Å². The average Bonchev–Trinajstić information content (AvgIpc) is 3.11. The minimum absolute atomic E-state index is 0.0526. The van der Waals surface area contributed by atoms with Crippen LogP contribution in [0.3, 0.4) is 0 Å². The first-order valence-electron chi connectivity index (χ1n) is 9.35. The van der Waals surface area contributed by atoms with Crippen LogP contribution < -0.4 is 15.5 Å².